The molecule has 0 saturated heterocycles. The molecule has 2 aliphatic rings. The van der Waals surface area contributed by atoms with Gasteiger partial charge in [-0.05, 0) is 55.0 Å². The van der Waals surface area contributed by atoms with Gasteiger partial charge in [0.2, 0.25) is 0 Å². The third kappa shape index (κ3) is 3.34. The number of benzene rings is 1. The average molecular weight is 519 g/mol. The van der Waals surface area contributed by atoms with Crippen LogP contribution in [0.5, 0.6) is 0 Å². The molecule has 1 aromatic carbocycles. The Morgan fingerprint density at radius 1 is 1.10 bits per heavy atom. The maximum atomic E-state index is 13.3. The van der Waals surface area contributed by atoms with Crippen LogP contribution in [0, 0.1) is 0 Å². The average Bonchev–Trinajstić information content (AvgIpc) is 3.29. The van der Waals surface area contributed by atoms with Crippen LogP contribution < -0.4 is 39.0 Å². The summed E-state index contributed by atoms with van der Waals surface area (Å²) in [5, 5.41) is 0.988. The van der Waals surface area contributed by atoms with Crippen molar-refractivity contribution in [1.29, 1.82) is 0 Å². The zero-order valence-electron chi connectivity index (χ0n) is 17.2. The van der Waals surface area contributed by atoms with Gasteiger partial charge in [-0.3, -0.25) is 0 Å². The smallest absolute Gasteiger partial charge is 0.346 e. The summed E-state index contributed by atoms with van der Waals surface area (Å²) in [5.74, 6) is 1.08. The van der Waals surface area contributed by atoms with Crippen LogP contribution in [0.3, 0.4) is 0 Å². The minimum Gasteiger partial charge on any atom is -1.00 e. The Hall–Kier alpha value is -1.67. The number of aryl methyl sites for hydroxylation is 3. The Morgan fingerprint density at radius 2 is 1.83 bits per heavy atom. The first-order chi connectivity index (χ1) is 13.5. The molecule has 3 heterocycles. The molecule has 0 unspecified atom stereocenters. The van der Waals surface area contributed by atoms with E-state index in [0.29, 0.717) is 0 Å². The first kappa shape index (κ1) is 20.6. The van der Waals surface area contributed by atoms with E-state index in [0.717, 1.165) is 41.8 Å². The van der Waals surface area contributed by atoms with Crippen molar-refractivity contribution in [3.63, 3.8) is 0 Å². The Morgan fingerprint density at radius 3 is 2.55 bits per heavy atom. The standard InChI is InChI=1S/C23H26N3OS.HI/c1-24(2)17-10-8-15(9-11-17)14-16-12-13-26-21(16)25(3)23-20(22(26)27)18-6-4-5-7-19(18)28-23;/h8-11,14H,4-7,12-13H2,1-3H3;1H/q+1;/p-1. The summed E-state index contributed by atoms with van der Waals surface area (Å²) in [4.78, 5) is 18.0. The quantitative estimate of drug-likeness (QED) is 0.370. The number of hydrogen-bond donors (Lipinski definition) is 0. The van der Waals surface area contributed by atoms with Crippen LogP contribution in [0.4, 0.5) is 5.69 Å². The molecule has 29 heavy (non-hydrogen) atoms. The lowest BCUT2D eigenvalue weighted by Crippen LogP contribution is -3.00. The number of hydrogen-bond acceptors (Lipinski definition) is 3. The molecular weight excluding hydrogens is 493 g/mol. The highest BCUT2D eigenvalue weighted by atomic mass is 127. The molecule has 1 aliphatic heterocycles. The molecule has 0 radical (unpaired) electrons. The second-order valence-electron chi connectivity index (χ2n) is 8.14. The maximum absolute atomic E-state index is 13.3. The third-order valence-electron chi connectivity index (χ3n) is 6.13. The fourth-order valence-corrected chi connectivity index (χ4v) is 6.01. The van der Waals surface area contributed by atoms with Crippen LogP contribution in [0.25, 0.3) is 21.9 Å². The minimum absolute atomic E-state index is 0. The second-order valence-corrected chi connectivity index (χ2v) is 9.22. The van der Waals surface area contributed by atoms with Gasteiger partial charge in [-0.2, -0.15) is 4.57 Å². The molecule has 4 nitrogen and oxygen atoms in total. The van der Waals surface area contributed by atoms with E-state index in [-0.39, 0.29) is 29.5 Å². The number of thiophene rings is 1. The van der Waals surface area contributed by atoms with Crippen molar-refractivity contribution < 1.29 is 28.5 Å². The van der Waals surface area contributed by atoms with Gasteiger partial charge in [0.1, 0.15) is 5.39 Å². The first-order valence-corrected chi connectivity index (χ1v) is 10.9. The molecule has 5 rings (SSSR count). The summed E-state index contributed by atoms with van der Waals surface area (Å²) in [7, 11) is 6.24. The fraction of sp³-hybridized carbons (Fsp3) is 0.391. The maximum Gasteiger partial charge on any atom is 0.346 e. The molecule has 0 N–H and O–H groups in total. The van der Waals surface area contributed by atoms with Crippen molar-refractivity contribution >= 4 is 38.9 Å². The van der Waals surface area contributed by atoms with Crippen molar-refractivity contribution in [2.45, 2.75) is 38.6 Å². The van der Waals surface area contributed by atoms with Gasteiger partial charge >= 0.3 is 5.56 Å². The number of nitrogens with zero attached hydrogens (tertiary/aromatic N) is 3. The van der Waals surface area contributed by atoms with E-state index in [9.17, 15) is 4.79 Å². The Labute approximate surface area is 192 Å². The molecule has 0 amide bonds. The Kier molecular flexibility index (Phi) is 5.59. The molecule has 0 bridgehead atoms. The van der Waals surface area contributed by atoms with Gasteiger partial charge in [0.25, 0.3) is 5.82 Å². The lowest BCUT2D eigenvalue weighted by molar-refractivity contribution is -0.649. The van der Waals surface area contributed by atoms with E-state index in [4.69, 9.17) is 0 Å². The molecule has 0 saturated carbocycles. The molecule has 0 fully saturated rings. The van der Waals surface area contributed by atoms with Gasteiger partial charge in [-0.15, -0.1) is 0 Å². The van der Waals surface area contributed by atoms with Gasteiger partial charge in [0, 0.05) is 36.7 Å². The van der Waals surface area contributed by atoms with E-state index in [1.807, 2.05) is 15.9 Å². The van der Waals surface area contributed by atoms with Gasteiger partial charge in [-0.1, -0.05) is 23.5 Å². The Balaban J connectivity index is 0.00000205. The lowest BCUT2D eigenvalue weighted by atomic mass is 9.97. The van der Waals surface area contributed by atoms with E-state index >= 15 is 0 Å². The SMILES string of the molecule is CN(C)c1ccc(/C=C2\CCn3c2[n+](C)c2sc4c(c2c3=O)CCCC4)cc1.[I-]. The number of allylic oxidation sites excluding steroid dienone is 1. The van der Waals surface area contributed by atoms with Crippen molar-refractivity contribution in [3.8, 4) is 0 Å². The molecule has 0 spiro atoms. The molecule has 2 aromatic heterocycles. The fourth-order valence-electron chi connectivity index (χ4n) is 4.66. The number of fused-ring (bicyclic) bond motifs is 4. The summed E-state index contributed by atoms with van der Waals surface area (Å²) in [6.07, 6.45) is 7.81. The van der Waals surface area contributed by atoms with Crippen LogP contribution in [0.1, 0.15) is 41.1 Å². The van der Waals surface area contributed by atoms with Gasteiger partial charge in [0.15, 0.2) is 4.83 Å². The van der Waals surface area contributed by atoms with Crippen molar-refractivity contribution in [2.75, 3.05) is 19.0 Å². The van der Waals surface area contributed by atoms with Crippen LogP contribution >= 0.6 is 11.3 Å². The molecular formula is C23H26IN3OS. The van der Waals surface area contributed by atoms with Crippen molar-refractivity contribution in [3.05, 3.63) is 56.4 Å². The molecule has 3 aromatic rings. The van der Waals surface area contributed by atoms with Gasteiger partial charge < -0.3 is 28.9 Å². The van der Waals surface area contributed by atoms with E-state index in [1.165, 1.54) is 40.1 Å². The van der Waals surface area contributed by atoms with Gasteiger partial charge in [0.05, 0.1) is 13.6 Å². The summed E-state index contributed by atoms with van der Waals surface area (Å²) < 4.78 is 4.27. The van der Waals surface area contributed by atoms with Crippen molar-refractivity contribution in [1.82, 2.24) is 4.57 Å². The molecule has 0 atom stereocenters. The highest BCUT2D eigenvalue weighted by molar-refractivity contribution is 7.18. The number of halogens is 1. The monoisotopic (exact) mass is 519 g/mol. The summed E-state index contributed by atoms with van der Waals surface area (Å²) >= 11 is 1.84. The number of anilines is 1. The molecule has 1 aliphatic carbocycles. The molecule has 6 heteroatoms. The summed E-state index contributed by atoms with van der Waals surface area (Å²) in [6.45, 7) is 0.782. The normalized spacial score (nSPS) is 16.6. The number of aromatic nitrogens is 2. The van der Waals surface area contributed by atoms with Crippen LogP contribution in [0.15, 0.2) is 29.1 Å². The number of rotatable bonds is 2. The van der Waals surface area contributed by atoms with E-state index in [1.54, 1.807) is 0 Å². The van der Waals surface area contributed by atoms with Crippen LogP contribution in [-0.2, 0) is 26.4 Å². The predicted molar refractivity (Wildman–Crippen MR) is 117 cm³/mol. The minimum atomic E-state index is 0. The topological polar surface area (TPSA) is 29.1 Å². The first-order valence-electron chi connectivity index (χ1n) is 10.1. The Bertz CT molecular complexity index is 1170. The summed E-state index contributed by atoms with van der Waals surface area (Å²) in [6, 6.07) is 8.60. The second kappa shape index (κ2) is 7.87. The van der Waals surface area contributed by atoms with Crippen LogP contribution in [0.2, 0.25) is 0 Å². The highest BCUT2D eigenvalue weighted by Crippen LogP contribution is 2.35. The zero-order chi connectivity index (χ0) is 19.4. The zero-order valence-corrected chi connectivity index (χ0v) is 20.1. The predicted octanol–water partition coefficient (Wildman–Crippen LogP) is 0.781. The molecule has 152 valence electrons. The van der Waals surface area contributed by atoms with Crippen LogP contribution in [-0.4, -0.2) is 18.7 Å². The highest BCUT2D eigenvalue weighted by Gasteiger charge is 2.33. The van der Waals surface area contributed by atoms with Crippen molar-refractivity contribution in [2.24, 2.45) is 7.05 Å². The van der Waals surface area contributed by atoms with E-state index < -0.39 is 0 Å². The largest absolute Gasteiger partial charge is 1.00 e. The van der Waals surface area contributed by atoms with E-state index in [2.05, 4.69) is 61.0 Å². The lowest BCUT2D eigenvalue weighted by Gasteiger charge is -2.12. The summed E-state index contributed by atoms with van der Waals surface area (Å²) in [5.41, 5.74) is 5.19. The van der Waals surface area contributed by atoms with Gasteiger partial charge in [-0.25, -0.2) is 9.36 Å². The third-order valence-corrected chi connectivity index (χ3v) is 7.50.